The zero-order valence-electron chi connectivity index (χ0n) is 9.17. The Kier molecular flexibility index (Phi) is 3.36. The fraction of sp³-hybridized carbons (Fsp3) is 0.455. The molecule has 0 unspecified atom stereocenters. The second kappa shape index (κ2) is 4.94. The predicted octanol–water partition coefficient (Wildman–Crippen LogP) is 0.625. The number of carbonyl (C=O) groups is 1. The van der Waals surface area contributed by atoms with Gasteiger partial charge in [0.1, 0.15) is 0 Å². The van der Waals surface area contributed by atoms with Crippen LogP contribution in [0.1, 0.15) is 12.0 Å². The number of hydrogen-bond donors (Lipinski definition) is 1. The van der Waals surface area contributed by atoms with Gasteiger partial charge in [0, 0.05) is 32.0 Å². The molecule has 0 bridgehead atoms. The minimum Gasteiger partial charge on any atom is -0.323 e. The molecule has 1 aliphatic heterocycles. The van der Waals surface area contributed by atoms with Gasteiger partial charge in [0.2, 0.25) is 0 Å². The monoisotopic (exact) mass is 220 g/mol. The van der Waals surface area contributed by atoms with Gasteiger partial charge in [-0.3, -0.25) is 9.99 Å². The molecule has 16 heavy (non-hydrogen) atoms. The number of amides is 2. The molecule has 1 fully saturated rings. The Morgan fingerprint density at radius 3 is 3.06 bits per heavy atom. The minimum absolute atomic E-state index is 0.0739. The van der Waals surface area contributed by atoms with Crippen molar-refractivity contribution in [3.05, 3.63) is 30.1 Å². The minimum atomic E-state index is -0.0739. The van der Waals surface area contributed by atoms with E-state index < -0.39 is 0 Å². The van der Waals surface area contributed by atoms with Gasteiger partial charge in [0.15, 0.2) is 0 Å². The Bertz CT molecular complexity index is 354. The third kappa shape index (κ3) is 2.49. The van der Waals surface area contributed by atoms with Crippen molar-refractivity contribution in [3.8, 4) is 0 Å². The standard InChI is InChI=1S/C11H16N4O/c12-15-7-2-6-14(11(15)16)8-4-10-3-1-5-13-9-10/h1,3,5,9H,2,4,6-8,12H2. The number of aromatic nitrogens is 1. The van der Waals surface area contributed by atoms with E-state index in [1.807, 2.05) is 18.3 Å². The molecule has 2 rings (SSSR count). The van der Waals surface area contributed by atoms with Crippen LogP contribution in [0.3, 0.4) is 0 Å². The van der Waals surface area contributed by atoms with E-state index in [-0.39, 0.29) is 6.03 Å². The topological polar surface area (TPSA) is 62.5 Å². The van der Waals surface area contributed by atoms with Gasteiger partial charge in [-0.1, -0.05) is 6.07 Å². The van der Waals surface area contributed by atoms with Crippen molar-refractivity contribution in [2.24, 2.45) is 5.84 Å². The maximum absolute atomic E-state index is 11.7. The highest BCUT2D eigenvalue weighted by atomic mass is 16.2. The first-order valence-electron chi connectivity index (χ1n) is 5.47. The quantitative estimate of drug-likeness (QED) is 0.600. The summed E-state index contributed by atoms with van der Waals surface area (Å²) < 4.78 is 0. The number of hydrogen-bond acceptors (Lipinski definition) is 3. The lowest BCUT2D eigenvalue weighted by Crippen LogP contribution is -2.52. The van der Waals surface area contributed by atoms with E-state index in [4.69, 9.17) is 5.84 Å². The second-order valence-corrected chi connectivity index (χ2v) is 3.93. The van der Waals surface area contributed by atoms with Crippen molar-refractivity contribution >= 4 is 6.03 Å². The van der Waals surface area contributed by atoms with Crippen LogP contribution in [0.5, 0.6) is 0 Å². The van der Waals surface area contributed by atoms with E-state index in [0.717, 1.165) is 24.9 Å². The van der Waals surface area contributed by atoms with Crippen molar-refractivity contribution in [1.29, 1.82) is 0 Å². The highest BCUT2D eigenvalue weighted by Gasteiger charge is 2.22. The third-order valence-electron chi connectivity index (χ3n) is 2.74. The van der Waals surface area contributed by atoms with Gasteiger partial charge < -0.3 is 4.90 Å². The van der Waals surface area contributed by atoms with Crippen LogP contribution < -0.4 is 5.84 Å². The summed E-state index contributed by atoms with van der Waals surface area (Å²) in [6, 6.07) is 3.85. The molecule has 0 aliphatic carbocycles. The highest BCUT2D eigenvalue weighted by molar-refractivity contribution is 5.74. The largest absolute Gasteiger partial charge is 0.334 e. The number of carbonyl (C=O) groups excluding carboxylic acids is 1. The lowest BCUT2D eigenvalue weighted by atomic mass is 10.2. The summed E-state index contributed by atoms with van der Waals surface area (Å²) in [5, 5.41) is 1.28. The van der Waals surface area contributed by atoms with Crippen LogP contribution in [-0.4, -0.2) is 40.6 Å². The SMILES string of the molecule is NN1CCCN(CCc2cccnc2)C1=O. The number of hydrazine groups is 1. The van der Waals surface area contributed by atoms with Gasteiger partial charge in [0.25, 0.3) is 0 Å². The Labute approximate surface area is 94.8 Å². The summed E-state index contributed by atoms with van der Waals surface area (Å²) in [6.07, 6.45) is 5.34. The number of pyridine rings is 1. The molecule has 1 aromatic rings. The van der Waals surface area contributed by atoms with Crippen LogP contribution in [0, 0.1) is 0 Å². The van der Waals surface area contributed by atoms with Crippen molar-refractivity contribution in [2.45, 2.75) is 12.8 Å². The molecule has 1 saturated heterocycles. The predicted molar refractivity (Wildman–Crippen MR) is 60.4 cm³/mol. The smallest absolute Gasteiger partial charge is 0.323 e. The van der Waals surface area contributed by atoms with Crippen LogP contribution in [0.15, 0.2) is 24.5 Å². The van der Waals surface area contributed by atoms with E-state index in [1.165, 1.54) is 5.01 Å². The zero-order chi connectivity index (χ0) is 11.4. The first kappa shape index (κ1) is 10.9. The van der Waals surface area contributed by atoms with E-state index in [0.29, 0.717) is 13.1 Å². The van der Waals surface area contributed by atoms with Gasteiger partial charge in [-0.2, -0.15) is 0 Å². The lowest BCUT2D eigenvalue weighted by molar-refractivity contribution is 0.131. The molecule has 0 spiro atoms. The average molecular weight is 220 g/mol. The van der Waals surface area contributed by atoms with Gasteiger partial charge in [-0.25, -0.2) is 10.6 Å². The number of urea groups is 1. The van der Waals surface area contributed by atoms with E-state index in [1.54, 1.807) is 11.1 Å². The zero-order valence-corrected chi connectivity index (χ0v) is 9.17. The third-order valence-corrected chi connectivity index (χ3v) is 2.74. The number of nitrogens with zero attached hydrogens (tertiary/aromatic N) is 3. The molecule has 1 aromatic heterocycles. The molecule has 2 amide bonds. The van der Waals surface area contributed by atoms with Crippen molar-refractivity contribution in [3.63, 3.8) is 0 Å². The summed E-state index contributed by atoms with van der Waals surface area (Å²) in [7, 11) is 0. The molecule has 1 aliphatic rings. The summed E-state index contributed by atoms with van der Waals surface area (Å²) >= 11 is 0. The maximum atomic E-state index is 11.7. The van der Waals surface area contributed by atoms with Crippen molar-refractivity contribution < 1.29 is 4.79 Å². The van der Waals surface area contributed by atoms with Crippen LogP contribution in [0.4, 0.5) is 4.79 Å². The van der Waals surface area contributed by atoms with E-state index in [2.05, 4.69) is 4.98 Å². The Morgan fingerprint density at radius 1 is 1.44 bits per heavy atom. The highest BCUT2D eigenvalue weighted by Crippen LogP contribution is 2.07. The average Bonchev–Trinajstić information content (AvgIpc) is 2.32. The lowest BCUT2D eigenvalue weighted by Gasteiger charge is -2.32. The fourth-order valence-corrected chi connectivity index (χ4v) is 1.82. The van der Waals surface area contributed by atoms with Gasteiger partial charge in [-0.05, 0) is 24.5 Å². The second-order valence-electron chi connectivity index (χ2n) is 3.93. The summed E-state index contributed by atoms with van der Waals surface area (Å²) in [4.78, 5) is 17.5. The van der Waals surface area contributed by atoms with Gasteiger partial charge >= 0.3 is 6.03 Å². The molecule has 0 radical (unpaired) electrons. The number of nitrogens with two attached hydrogens (primary N) is 1. The Balaban J connectivity index is 1.88. The molecule has 0 saturated carbocycles. The van der Waals surface area contributed by atoms with Crippen LogP contribution in [0.25, 0.3) is 0 Å². The molecule has 2 heterocycles. The van der Waals surface area contributed by atoms with E-state index in [9.17, 15) is 4.79 Å². The molecule has 86 valence electrons. The molecule has 5 heteroatoms. The summed E-state index contributed by atoms with van der Waals surface area (Å²) in [5.41, 5.74) is 1.14. The summed E-state index contributed by atoms with van der Waals surface area (Å²) in [5.74, 6) is 5.57. The first-order valence-corrected chi connectivity index (χ1v) is 5.47. The Hall–Kier alpha value is -1.62. The van der Waals surface area contributed by atoms with Gasteiger partial charge in [0.05, 0.1) is 0 Å². The molecule has 5 nitrogen and oxygen atoms in total. The van der Waals surface area contributed by atoms with Gasteiger partial charge in [-0.15, -0.1) is 0 Å². The fourth-order valence-electron chi connectivity index (χ4n) is 1.82. The Morgan fingerprint density at radius 2 is 2.31 bits per heavy atom. The van der Waals surface area contributed by atoms with Crippen molar-refractivity contribution in [1.82, 2.24) is 14.9 Å². The molecule has 0 aromatic carbocycles. The summed E-state index contributed by atoms with van der Waals surface area (Å²) in [6.45, 7) is 2.16. The van der Waals surface area contributed by atoms with Crippen molar-refractivity contribution in [2.75, 3.05) is 19.6 Å². The molecule has 0 atom stereocenters. The van der Waals surface area contributed by atoms with E-state index >= 15 is 0 Å². The number of rotatable bonds is 3. The first-order chi connectivity index (χ1) is 7.77. The van der Waals surface area contributed by atoms with Crippen LogP contribution in [-0.2, 0) is 6.42 Å². The van der Waals surface area contributed by atoms with Crippen LogP contribution >= 0.6 is 0 Å². The van der Waals surface area contributed by atoms with Crippen LogP contribution in [0.2, 0.25) is 0 Å². The molecular weight excluding hydrogens is 204 g/mol. The maximum Gasteiger partial charge on any atom is 0.334 e. The molecule has 2 N–H and O–H groups in total. The normalized spacial score (nSPS) is 16.7. The molecular formula is C11H16N4O.